The van der Waals surface area contributed by atoms with Crippen molar-refractivity contribution in [3.8, 4) is 0 Å². The van der Waals surface area contributed by atoms with Crippen molar-refractivity contribution in [2.45, 2.75) is 6.92 Å². The molecule has 0 atom stereocenters. The molecule has 0 heterocycles. The SMILES string of the molecule is C=N/N=C1/C=CC=C/C1=C/C=C/C. The predicted octanol–water partition coefficient (Wildman–Crippen LogP) is 2.67. The first kappa shape index (κ1) is 9.39. The fourth-order valence-corrected chi connectivity index (χ4v) is 0.996. The van der Waals surface area contributed by atoms with Gasteiger partial charge in [-0.2, -0.15) is 10.2 Å². The summed E-state index contributed by atoms with van der Waals surface area (Å²) >= 11 is 0. The van der Waals surface area contributed by atoms with Crippen LogP contribution in [0.4, 0.5) is 0 Å². The maximum atomic E-state index is 3.91. The predicted molar refractivity (Wildman–Crippen MR) is 58.2 cm³/mol. The molecule has 0 aromatic rings. The van der Waals surface area contributed by atoms with E-state index in [1.807, 2.05) is 49.5 Å². The highest BCUT2D eigenvalue weighted by Gasteiger charge is 2.01. The Balaban J connectivity index is 2.95. The third-order valence-corrected chi connectivity index (χ3v) is 1.58. The standard InChI is InChI=1S/C11H12N2/c1-3-4-7-10-8-5-6-9-11(10)13-12-2/h3-9H,2H2,1H3/b4-3+,10-7-,13-11-. The molecular weight excluding hydrogens is 160 g/mol. The van der Waals surface area contributed by atoms with E-state index in [-0.39, 0.29) is 0 Å². The first-order valence-corrected chi connectivity index (χ1v) is 4.10. The van der Waals surface area contributed by atoms with E-state index in [0.29, 0.717) is 0 Å². The average Bonchev–Trinajstić information content (AvgIpc) is 2.17. The number of hydrogen-bond acceptors (Lipinski definition) is 2. The van der Waals surface area contributed by atoms with E-state index in [9.17, 15) is 0 Å². The molecule has 0 saturated heterocycles. The maximum Gasteiger partial charge on any atom is 0.0928 e. The Bertz CT molecular complexity index is 328. The molecule has 13 heavy (non-hydrogen) atoms. The van der Waals surface area contributed by atoms with Gasteiger partial charge in [0.25, 0.3) is 0 Å². The zero-order valence-corrected chi connectivity index (χ0v) is 7.64. The van der Waals surface area contributed by atoms with Crippen molar-refractivity contribution in [3.63, 3.8) is 0 Å². The minimum atomic E-state index is 0.843. The molecule has 0 aromatic heterocycles. The summed E-state index contributed by atoms with van der Waals surface area (Å²) in [5.74, 6) is 0. The van der Waals surface area contributed by atoms with Crippen molar-refractivity contribution in [2.24, 2.45) is 10.2 Å². The Hall–Kier alpha value is -1.70. The third-order valence-electron chi connectivity index (χ3n) is 1.58. The van der Waals surface area contributed by atoms with Crippen LogP contribution in [0.5, 0.6) is 0 Å². The van der Waals surface area contributed by atoms with Gasteiger partial charge in [0.15, 0.2) is 0 Å². The smallest absolute Gasteiger partial charge is 0.0928 e. The molecule has 0 bridgehead atoms. The highest BCUT2D eigenvalue weighted by molar-refractivity contribution is 6.11. The van der Waals surface area contributed by atoms with Crippen LogP contribution < -0.4 is 0 Å². The summed E-state index contributed by atoms with van der Waals surface area (Å²) in [6.07, 6.45) is 13.7. The van der Waals surface area contributed by atoms with Crippen LogP contribution in [0.15, 0.2) is 58.3 Å². The molecule has 1 aliphatic rings. The van der Waals surface area contributed by atoms with Crippen molar-refractivity contribution in [1.29, 1.82) is 0 Å². The van der Waals surface area contributed by atoms with Gasteiger partial charge in [0.05, 0.1) is 5.71 Å². The topological polar surface area (TPSA) is 24.7 Å². The molecule has 0 saturated carbocycles. The summed E-state index contributed by atoms with van der Waals surface area (Å²) in [7, 11) is 0. The Kier molecular flexibility index (Phi) is 3.64. The lowest BCUT2D eigenvalue weighted by molar-refractivity contribution is 1.26. The summed E-state index contributed by atoms with van der Waals surface area (Å²) in [6.45, 7) is 5.30. The lowest BCUT2D eigenvalue weighted by Gasteiger charge is -2.02. The molecule has 0 unspecified atom stereocenters. The van der Waals surface area contributed by atoms with E-state index >= 15 is 0 Å². The quantitative estimate of drug-likeness (QED) is 0.452. The van der Waals surface area contributed by atoms with E-state index in [1.165, 1.54) is 0 Å². The van der Waals surface area contributed by atoms with E-state index in [1.54, 1.807) is 0 Å². The van der Waals surface area contributed by atoms with Gasteiger partial charge < -0.3 is 0 Å². The third kappa shape index (κ3) is 2.67. The molecule has 0 radical (unpaired) electrons. The lowest BCUT2D eigenvalue weighted by Crippen LogP contribution is -1.98. The second-order valence-corrected chi connectivity index (χ2v) is 2.49. The second-order valence-electron chi connectivity index (χ2n) is 2.49. The van der Waals surface area contributed by atoms with E-state index < -0.39 is 0 Å². The van der Waals surface area contributed by atoms with Crippen molar-refractivity contribution >= 4 is 12.4 Å². The molecule has 0 aromatic carbocycles. The molecule has 1 aliphatic carbocycles. The lowest BCUT2D eigenvalue weighted by atomic mass is 10.1. The van der Waals surface area contributed by atoms with Crippen molar-refractivity contribution in [2.75, 3.05) is 0 Å². The average molecular weight is 172 g/mol. The molecular formula is C11H12N2. The molecule has 0 N–H and O–H groups in total. The van der Waals surface area contributed by atoms with Crippen LogP contribution >= 0.6 is 0 Å². The molecule has 2 nitrogen and oxygen atoms in total. The van der Waals surface area contributed by atoms with Gasteiger partial charge in [-0.3, -0.25) is 0 Å². The summed E-state index contributed by atoms with van der Waals surface area (Å²) in [5, 5.41) is 7.41. The van der Waals surface area contributed by atoms with E-state index in [4.69, 9.17) is 0 Å². The highest BCUT2D eigenvalue weighted by atomic mass is 15.2. The monoisotopic (exact) mass is 172 g/mol. The van der Waals surface area contributed by atoms with Crippen LogP contribution in [-0.4, -0.2) is 12.4 Å². The van der Waals surface area contributed by atoms with Crippen molar-refractivity contribution < 1.29 is 0 Å². The first-order chi connectivity index (χ1) is 6.38. The van der Waals surface area contributed by atoms with Gasteiger partial charge in [-0.25, -0.2) is 0 Å². The van der Waals surface area contributed by atoms with Gasteiger partial charge >= 0.3 is 0 Å². The first-order valence-electron chi connectivity index (χ1n) is 4.10. The van der Waals surface area contributed by atoms with Crippen molar-refractivity contribution in [1.82, 2.24) is 0 Å². The summed E-state index contributed by atoms with van der Waals surface area (Å²) < 4.78 is 0. The van der Waals surface area contributed by atoms with Gasteiger partial charge in [0.2, 0.25) is 0 Å². The molecule has 2 heteroatoms. The molecule has 0 aliphatic heterocycles. The van der Waals surface area contributed by atoms with Crippen LogP contribution in [0.2, 0.25) is 0 Å². The van der Waals surface area contributed by atoms with Gasteiger partial charge in [-0.1, -0.05) is 36.5 Å². The van der Waals surface area contributed by atoms with Gasteiger partial charge in [-0.15, -0.1) is 0 Å². The molecule has 0 amide bonds. The highest BCUT2D eigenvalue weighted by Crippen LogP contribution is 2.08. The van der Waals surface area contributed by atoms with Gasteiger partial charge in [-0.05, 0) is 13.0 Å². The molecule has 1 rings (SSSR count). The van der Waals surface area contributed by atoms with Crippen LogP contribution in [-0.2, 0) is 0 Å². The Labute approximate surface area is 78.4 Å². The molecule has 66 valence electrons. The van der Waals surface area contributed by atoms with Crippen LogP contribution in [0.1, 0.15) is 6.92 Å². The molecule has 0 spiro atoms. The Morgan fingerprint density at radius 2 is 2.08 bits per heavy atom. The van der Waals surface area contributed by atoms with Crippen LogP contribution in [0.25, 0.3) is 0 Å². The van der Waals surface area contributed by atoms with Crippen molar-refractivity contribution in [3.05, 3.63) is 48.1 Å². The van der Waals surface area contributed by atoms with Gasteiger partial charge in [0.1, 0.15) is 0 Å². The van der Waals surface area contributed by atoms with Gasteiger partial charge in [0, 0.05) is 12.3 Å². The minimum absolute atomic E-state index is 0.843. The number of nitrogens with zero attached hydrogens (tertiary/aromatic N) is 2. The number of allylic oxidation sites excluding steroid dienone is 8. The fraction of sp³-hybridized carbons (Fsp3) is 0.0909. The van der Waals surface area contributed by atoms with Crippen LogP contribution in [0.3, 0.4) is 0 Å². The maximum absolute atomic E-state index is 3.91. The summed E-state index contributed by atoms with van der Waals surface area (Å²) in [6, 6.07) is 0. The zero-order chi connectivity index (χ0) is 9.52. The minimum Gasteiger partial charge on any atom is -0.166 e. The van der Waals surface area contributed by atoms with E-state index in [0.717, 1.165) is 11.3 Å². The number of rotatable bonds is 2. The largest absolute Gasteiger partial charge is 0.166 e. The van der Waals surface area contributed by atoms with E-state index in [2.05, 4.69) is 16.9 Å². The van der Waals surface area contributed by atoms with Crippen LogP contribution in [0, 0.1) is 0 Å². The molecule has 0 fully saturated rings. The second kappa shape index (κ2) is 5.04. The Morgan fingerprint density at radius 1 is 1.31 bits per heavy atom. The number of hydrogen-bond donors (Lipinski definition) is 0. The summed E-state index contributed by atoms with van der Waals surface area (Å²) in [4.78, 5) is 0. The Morgan fingerprint density at radius 3 is 2.77 bits per heavy atom. The normalized spacial score (nSPS) is 21.9. The zero-order valence-electron chi connectivity index (χ0n) is 7.64. The fourth-order valence-electron chi connectivity index (χ4n) is 0.996. The summed E-state index contributed by atoms with van der Waals surface area (Å²) in [5.41, 5.74) is 1.89.